The van der Waals surface area contributed by atoms with Gasteiger partial charge in [0.25, 0.3) is 0 Å². The minimum atomic E-state index is 0.762. The maximum Gasteiger partial charge on any atom is 0.227 e. The van der Waals surface area contributed by atoms with Crippen LogP contribution in [0.3, 0.4) is 0 Å². The highest BCUT2D eigenvalue weighted by atomic mass is 15.3. The first kappa shape index (κ1) is 18.3. The fraction of sp³-hybridized carbons (Fsp3) is 0.304. The second-order valence-corrected chi connectivity index (χ2v) is 7.35. The van der Waals surface area contributed by atoms with Crippen molar-refractivity contribution in [3.8, 4) is 0 Å². The van der Waals surface area contributed by atoms with Gasteiger partial charge in [-0.3, -0.25) is 0 Å². The molecule has 0 saturated carbocycles. The molecule has 0 radical (unpaired) electrons. The summed E-state index contributed by atoms with van der Waals surface area (Å²) < 4.78 is 0. The highest BCUT2D eigenvalue weighted by molar-refractivity contribution is 5.51. The molecule has 1 aliphatic heterocycles. The number of piperazine rings is 1. The molecule has 3 aromatic rings. The second-order valence-electron chi connectivity index (χ2n) is 7.35. The molecule has 5 nitrogen and oxygen atoms in total. The summed E-state index contributed by atoms with van der Waals surface area (Å²) in [6.45, 7) is 8.75. The van der Waals surface area contributed by atoms with E-state index in [1.54, 1.807) is 0 Å². The predicted molar refractivity (Wildman–Crippen MR) is 116 cm³/mol. The van der Waals surface area contributed by atoms with Gasteiger partial charge in [-0.2, -0.15) is 4.98 Å². The summed E-state index contributed by atoms with van der Waals surface area (Å²) >= 11 is 0. The molecular formula is C23H27N5. The largest absolute Gasteiger partial charge is 0.368 e. The molecule has 0 unspecified atom stereocenters. The van der Waals surface area contributed by atoms with Crippen LogP contribution in [0.5, 0.6) is 0 Å². The Morgan fingerprint density at radius 1 is 0.821 bits per heavy atom. The minimum absolute atomic E-state index is 0.762. The third-order valence-electron chi connectivity index (χ3n) is 5.09. The summed E-state index contributed by atoms with van der Waals surface area (Å²) in [4.78, 5) is 14.2. The first-order chi connectivity index (χ1) is 13.7. The summed E-state index contributed by atoms with van der Waals surface area (Å²) in [7, 11) is 0. The lowest BCUT2D eigenvalue weighted by atomic mass is 10.2. The van der Waals surface area contributed by atoms with E-state index in [0.717, 1.165) is 50.2 Å². The molecule has 0 atom stereocenters. The SMILES string of the molecule is Cc1cccc(N2CCN(c3nc(C)cc(NCc4ccccc4)n3)CC2)c1. The molecule has 1 saturated heterocycles. The fourth-order valence-electron chi connectivity index (χ4n) is 3.56. The van der Waals surface area contributed by atoms with Crippen molar-refractivity contribution in [2.45, 2.75) is 20.4 Å². The summed E-state index contributed by atoms with van der Waals surface area (Å²) in [6.07, 6.45) is 0. The molecule has 1 aromatic heterocycles. The number of nitrogens with one attached hydrogen (secondary N) is 1. The third kappa shape index (κ3) is 4.42. The average Bonchev–Trinajstić information content (AvgIpc) is 2.73. The van der Waals surface area contributed by atoms with Crippen molar-refractivity contribution >= 4 is 17.5 Å². The quantitative estimate of drug-likeness (QED) is 0.731. The van der Waals surface area contributed by atoms with Gasteiger partial charge in [0, 0.05) is 50.2 Å². The molecule has 28 heavy (non-hydrogen) atoms. The van der Waals surface area contributed by atoms with Crippen molar-refractivity contribution in [3.63, 3.8) is 0 Å². The Hall–Kier alpha value is -3.08. The van der Waals surface area contributed by atoms with E-state index in [0.29, 0.717) is 0 Å². The molecule has 2 aromatic carbocycles. The first-order valence-corrected chi connectivity index (χ1v) is 9.87. The molecule has 0 spiro atoms. The van der Waals surface area contributed by atoms with Crippen LogP contribution in [-0.4, -0.2) is 36.1 Å². The maximum absolute atomic E-state index is 4.77. The van der Waals surface area contributed by atoms with Crippen LogP contribution >= 0.6 is 0 Å². The van der Waals surface area contributed by atoms with Gasteiger partial charge in [0.05, 0.1) is 0 Å². The Bertz CT molecular complexity index is 917. The van der Waals surface area contributed by atoms with Crippen molar-refractivity contribution in [2.24, 2.45) is 0 Å². The van der Waals surface area contributed by atoms with Gasteiger partial charge in [-0.15, -0.1) is 0 Å². The number of rotatable bonds is 5. The molecule has 5 heteroatoms. The Morgan fingerprint density at radius 2 is 1.57 bits per heavy atom. The molecule has 0 amide bonds. The van der Waals surface area contributed by atoms with Gasteiger partial charge in [0.1, 0.15) is 5.82 Å². The third-order valence-corrected chi connectivity index (χ3v) is 5.09. The molecule has 1 N–H and O–H groups in total. The molecule has 1 aliphatic rings. The predicted octanol–water partition coefficient (Wildman–Crippen LogP) is 4.03. The molecule has 144 valence electrons. The van der Waals surface area contributed by atoms with Crippen molar-refractivity contribution in [2.75, 3.05) is 41.3 Å². The van der Waals surface area contributed by atoms with Crippen LogP contribution in [0, 0.1) is 13.8 Å². The Kier molecular flexibility index (Phi) is 5.42. The van der Waals surface area contributed by atoms with Gasteiger partial charge in [-0.1, -0.05) is 42.5 Å². The normalized spacial score (nSPS) is 14.2. The Labute approximate surface area is 167 Å². The minimum Gasteiger partial charge on any atom is -0.368 e. The van der Waals surface area contributed by atoms with E-state index in [-0.39, 0.29) is 0 Å². The van der Waals surface area contributed by atoms with E-state index in [1.807, 2.05) is 19.1 Å². The fourth-order valence-corrected chi connectivity index (χ4v) is 3.56. The van der Waals surface area contributed by atoms with Crippen LogP contribution in [0.4, 0.5) is 17.5 Å². The number of benzene rings is 2. The number of anilines is 3. The lowest BCUT2D eigenvalue weighted by Gasteiger charge is -2.36. The molecule has 1 fully saturated rings. The van der Waals surface area contributed by atoms with Crippen LogP contribution in [0.15, 0.2) is 60.7 Å². The van der Waals surface area contributed by atoms with E-state index < -0.39 is 0 Å². The van der Waals surface area contributed by atoms with E-state index in [9.17, 15) is 0 Å². The van der Waals surface area contributed by atoms with Crippen LogP contribution in [0.1, 0.15) is 16.8 Å². The van der Waals surface area contributed by atoms with Crippen LogP contribution in [-0.2, 0) is 6.54 Å². The van der Waals surface area contributed by atoms with E-state index in [1.165, 1.54) is 16.8 Å². The van der Waals surface area contributed by atoms with Gasteiger partial charge < -0.3 is 15.1 Å². The Balaban J connectivity index is 1.41. The van der Waals surface area contributed by atoms with Gasteiger partial charge in [0.2, 0.25) is 5.95 Å². The summed E-state index contributed by atoms with van der Waals surface area (Å²) in [6, 6.07) is 21.1. The van der Waals surface area contributed by atoms with Crippen LogP contribution in [0.2, 0.25) is 0 Å². The molecule has 2 heterocycles. The van der Waals surface area contributed by atoms with Crippen LogP contribution in [0.25, 0.3) is 0 Å². The molecular weight excluding hydrogens is 346 g/mol. The zero-order valence-electron chi connectivity index (χ0n) is 16.6. The van der Waals surface area contributed by atoms with Gasteiger partial charge in [-0.05, 0) is 37.1 Å². The van der Waals surface area contributed by atoms with Crippen molar-refractivity contribution in [1.82, 2.24) is 9.97 Å². The highest BCUT2D eigenvalue weighted by Gasteiger charge is 2.20. The van der Waals surface area contributed by atoms with E-state index >= 15 is 0 Å². The first-order valence-electron chi connectivity index (χ1n) is 9.87. The highest BCUT2D eigenvalue weighted by Crippen LogP contribution is 2.21. The Morgan fingerprint density at radius 3 is 2.32 bits per heavy atom. The lowest BCUT2D eigenvalue weighted by Crippen LogP contribution is -2.47. The zero-order valence-corrected chi connectivity index (χ0v) is 16.6. The van der Waals surface area contributed by atoms with Crippen molar-refractivity contribution < 1.29 is 0 Å². The number of hydrogen-bond donors (Lipinski definition) is 1. The second kappa shape index (κ2) is 8.30. The van der Waals surface area contributed by atoms with E-state index in [4.69, 9.17) is 4.98 Å². The van der Waals surface area contributed by atoms with E-state index in [2.05, 4.69) is 75.6 Å². The monoisotopic (exact) mass is 373 g/mol. The summed E-state index contributed by atoms with van der Waals surface area (Å²) in [5, 5.41) is 3.43. The van der Waals surface area contributed by atoms with Crippen molar-refractivity contribution in [3.05, 3.63) is 77.5 Å². The maximum atomic E-state index is 4.77. The van der Waals surface area contributed by atoms with Gasteiger partial charge >= 0.3 is 0 Å². The topological polar surface area (TPSA) is 44.3 Å². The lowest BCUT2D eigenvalue weighted by molar-refractivity contribution is 0.639. The standard InChI is InChI=1S/C23H27N5/c1-18-7-6-10-21(15-18)27-11-13-28(14-12-27)23-25-19(2)16-22(26-23)24-17-20-8-4-3-5-9-20/h3-10,15-16H,11-14,17H2,1-2H3,(H,24,25,26). The molecule has 4 rings (SSSR count). The van der Waals surface area contributed by atoms with Crippen molar-refractivity contribution in [1.29, 1.82) is 0 Å². The summed E-state index contributed by atoms with van der Waals surface area (Å²) in [5.41, 5.74) is 4.83. The van der Waals surface area contributed by atoms with Crippen LogP contribution < -0.4 is 15.1 Å². The number of hydrogen-bond acceptors (Lipinski definition) is 5. The zero-order chi connectivity index (χ0) is 19.3. The van der Waals surface area contributed by atoms with Gasteiger partial charge in [0.15, 0.2) is 0 Å². The number of aryl methyl sites for hydroxylation is 2. The number of aromatic nitrogens is 2. The molecule has 0 bridgehead atoms. The van der Waals surface area contributed by atoms with Gasteiger partial charge in [-0.25, -0.2) is 4.98 Å². The number of nitrogens with zero attached hydrogens (tertiary/aromatic N) is 4. The smallest absolute Gasteiger partial charge is 0.227 e. The summed E-state index contributed by atoms with van der Waals surface area (Å²) in [5.74, 6) is 1.70. The molecule has 0 aliphatic carbocycles. The average molecular weight is 374 g/mol.